The lowest BCUT2D eigenvalue weighted by Gasteiger charge is -2.02. The summed E-state index contributed by atoms with van der Waals surface area (Å²) < 4.78 is 13.3. The Morgan fingerprint density at radius 3 is 3.00 bits per heavy atom. The second-order valence-electron chi connectivity index (χ2n) is 3.51. The zero-order valence-electron chi connectivity index (χ0n) is 9.48. The first-order valence-corrected chi connectivity index (χ1v) is 5.07. The van der Waals surface area contributed by atoms with E-state index in [1.807, 2.05) is 6.07 Å². The number of H-pyrrole nitrogens is 1. The highest BCUT2D eigenvalue weighted by molar-refractivity contribution is 5.73. The van der Waals surface area contributed by atoms with Crippen molar-refractivity contribution in [3.63, 3.8) is 0 Å². The highest BCUT2D eigenvalue weighted by atomic mass is 19.1. The van der Waals surface area contributed by atoms with Crippen LogP contribution in [-0.4, -0.2) is 20.6 Å². The van der Waals surface area contributed by atoms with Crippen LogP contribution in [0.2, 0.25) is 0 Å². The molecule has 0 spiro atoms. The second kappa shape index (κ2) is 5.05. The first kappa shape index (κ1) is 11.7. The van der Waals surface area contributed by atoms with Crippen molar-refractivity contribution in [3.8, 4) is 6.07 Å². The molecule has 7 heteroatoms. The first-order chi connectivity index (χ1) is 8.70. The van der Waals surface area contributed by atoms with Crippen LogP contribution in [0.4, 0.5) is 10.1 Å². The van der Waals surface area contributed by atoms with Crippen LogP contribution in [0.1, 0.15) is 11.4 Å². The molecule has 0 fully saturated rings. The van der Waals surface area contributed by atoms with Crippen LogP contribution in [0, 0.1) is 24.1 Å². The Hall–Kier alpha value is -2.75. The number of hydrogen-bond acceptors (Lipinski definition) is 5. The number of nitrogens with one attached hydrogen (secondary N) is 2. The molecule has 0 unspecified atom stereocenters. The van der Waals surface area contributed by atoms with E-state index in [4.69, 9.17) is 5.26 Å². The maximum absolute atomic E-state index is 13.3. The van der Waals surface area contributed by atoms with E-state index in [9.17, 15) is 4.39 Å². The summed E-state index contributed by atoms with van der Waals surface area (Å²) in [6.45, 7) is 1.68. The predicted molar refractivity (Wildman–Crippen MR) is 62.5 cm³/mol. The lowest BCUT2D eigenvalue weighted by Crippen LogP contribution is -1.94. The summed E-state index contributed by atoms with van der Waals surface area (Å²) in [5, 5.41) is 24.7. The number of allylic oxidation sites excluding steroid dienone is 1. The van der Waals surface area contributed by atoms with Crippen molar-refractivity contribution in [1.82, 2.24) is 20.6 Å². The molecule has 0 aliphatic rings. The lowest BCUT2D eigenvalue weighted by atomic mass is 10.2. The molecule has 0 aliphatic heterocycles. The number of tetrazole rings is 1. The molecule has 18 heavy (non-hydrogen) atoms. The molecule has 0 aliphatic carbocycles. The molecule has 2 aromatic rings. The normalized spacial score (nSPS) is 11.1. The fraction of sp³-hybridized carbons (Fsp3) is 0.0909. The van der Waals surface area contributed by atoms with Crippen LogP contribution in [-0.2, 0) is 0 Å². The van der Waals surface area contributed by atoms with Crippen molar-refractivity contribution in [2.24, 2.45) is 0 Å². The zero-order valence-corrected chi connectivity index (χ0v) is 9.48. The van der Waals surface area contributed by atoms with Crippen molar-refractivity contribution < 1.29 is 4.39 Å². The van der Waals surface area contributed by atoms with Crippen LogP contribution < -0.4 is 5.32 Å². The molecule has 1 aromatic carbocycles. The van der Waals surface area contributed by atoms with Crippen molar-refractivity contribution in [2.75, 3.05) is 5.32 Å². The third-order valence-electron chi connectivity index (χ3n) is 2.26. The molecule has 0 bridgehead atoms. The Morgan fingerprint density at radius 2 is 2.39 bits per heavy atom. The molecule has 0 saturated carbocycles. The summed E-state index contributed by atoms with van der Waals surface area (Å²) in [5.74, 6) is -0.135. The molecule has 0 saturated heterocycles. The summed E-state index contributed by atoms with van der Waals surface area (Å²) in [6.07, 6.45) is 1.40. The van der Waals surface area contributed by atoms with Crippen LogP contribution in [0.5, 0.6) is 0 Å². The SMILES string of the molecule is Cc1ccc(NC=C(C#N)c2nn[nH]n2)cc1F. The van der Waals surface area contributed by atoms with Gasteiger partial charge in [-0.15, -0.1) is 10.2 Å². The van der Waals surface area contributed by atoms with Gasteiger partial charge in [-0.2, -0.15) is 10.5 Å². The van der Waals surface area contributed by atoms with Gasteiger partial charge in [-0.1, -0.05) is 6.07 Å². The second-order valence-corrected chi connectivity index (χ2v) is 3.51. The molecule has 1 aromatic heterocycles. The Kier molecular flexibility index (Phi) is 3.29. The van der Waals surface area contributed by atoms with E-state index >= 15 is 0 Å². The van der Waals surface area contributed by atoms with Gasteiger partial charge in [0, 0.05) is 11.9 Å². The molecular formula is C11H9FN6. The molecule has 90 valence electrons. The first-order valence-electron chi connectivity index (χ1n) is 5.07. The third kappa shape index (κ3) is 2.49. The Balaban J connectivity index is 2.19. The van der Waals surface area contributed by atoms with Gasteiger partial charge in [0.15, 0.2) is 0 Å². The quantitative estimate of drug-likeness (QED) is 0.801. The fourth-order valence-corrected chi connectivity index (χ4v) is 1.26. The average Bonchev–Trinajstić information content (AvgIpc) is 2.88. The number of nitrogens with zero attached hydrogens (tertiary/aromatic N) is 4. The number of hydrogen-bond donors (Lipinski definition) is 2. The smallest absolute Gasteiger partial charge is 0.216 e. The van der Waals surface area contributed by atoms with Gasteiger partial charge in [0.05, 0.1) is 0 Å². The minimum Gasteiger partial charge on any atom is -0.360 e. The summed E-state index contributed by atoms with van der Waals surface area (Å²) in [7, 11) is 0. The van der Waals surface area contributed by atoms with E-state index in [0.29, 0.717) is 11.3 Å². The average molecular weight is 244 g/mol. The van der Waals surface area contributed by atoms with Gasteiger partial charge in [0.25, 0.3) is 0 Å². The topological polar surface area (TPSA) is 90.3 Å². The molecular weight excluding hydrogens is 235 g/mol. The van der Waals surface area contributed by atoms with E-state index in [1.54, 1.807) is 19.1 Å². The number of nitriles is 1. The zero-order chi connectivity index (χ0) is 13.0. The van der Waals surface area contributed by atoms with Gasteiger partial charge >= 0.3 is 0 Å². The highest BCUT2D eigenvalue weighted by Crippen LogP contribution is 2.14. The maximum Gasteiger partial charge on any atom is 0.216 e. The monoisotopic (exact) mass is 244 g/mol. The fourth-order valence-electron chi connectivity index (χ4n) is 1.26. The minimum absolute atomic E-state index is 0.178. The van der Waals surface area contributed by atoms with Gasteiger partial charge in [-0.25, -0.2) is 4.39 Å². The Labute approximate surface area is 102 Å². The maximum atomic E-state index is 13.3. The van der Waals surface area contributed by atoms with E-state index in [-0.39, 0.29) is 17.2 Å². The standard InChI is InChI=1S/C11H9FN6/c1-7-2-3-9(4-10(7)12)14-6-8(5-13)11-15-17-18-16-11/h2-4,6,14H,1H3,(H,15,16,17,18). The van der Waals surface area contributed by atoms with Crippen molar-refractivity contribution in [1.29, 1.82) is 5.26 Å². The molecule has 0 atom stereocenters. The lowest BCUT2D eigenvalue weighted by molar-refractivity contribution is 0.619. The predicted octanol–water partition coefficient (Wildman–Crippen LogP) is 1.62. The van der Waals surface area contributed by atoms with Crippen molar-refractivity contribution in [3.05, 3.63) is 41.6 Å². The Morgan fingerprint density at radius 1 is 1.56 bits per heavy atom. The largest absolute Gasteiger partial charge is 0.360 e. The minimum atomic E-state index is -0.313. The van der Waals surface area contributed by atoms with Crippen LogP contribution in [0.25, 0.3) is 5.57 Å². The van der Waals surface area contributed by atoms with Crippen LogP contribution in [0.3, 0.4) is 0 Å². The number of rotatable bonds is 3. The van der Waals surface area contributed by atoms with E-state index in [2.05, 4.69) is 25.9 Å². The van der Waals surface area contributed by atoms with Gasteiger partial charge in [-0.3, -0.25) is 0 Å². The number of benzene rings is 1. The summed E-state index contributed by atoms with van der Waals surface area (Å²) in [6, 6.07) is 6.62. The molecule has 2 N–H and O–H groups in total. The summed E-state index contributed by atoms with van der Waals surface area (Å²) in [5.41, 5.74) is 1.29. The molecule has 6 nitrogen and oxygen atoms in total. The van der Waals surface area contributed by atoms with Gasteiger partial charge in [0.1, 0.15) is 17.5 Å². The Bertz CT molecular complexity index is 611. The molecule has 2 rings (SSSR count). The van der Waals surface area contributed by atoms with E-state index in [0.717, 1.165) is 0 Å². The number of anilines is 1. The number of halogens is 1. The van der Waals surface area contributed by atoms with Gasteiger partial charge in [-0.05, 0) is 29.8 Å². The molecule has 0 radical (unpaired) electrons. The number of aryl methyl sites for hydroxylation is 1. The molecule has 0 amide bonds. The van der Waals surface area contributed by atoms with E-state index in [1.165, 1.54) is 12.3 Å². The third-order valence-corrected chi connectivity index (χ3v) is 2.26. The highest BCUT2D eigenvalue weighted by Gasteiger charge is 2.05. The van der Waals surface area contributed by atoms with Crippen molar-refractivity contribution in [2.45, 2.75) is 6.92 Å². The summed E-state index contributed by atoms with van der Waals surface area (Å²) >= 11 is 0. The van der Waals surface area contributed by atoms with Crippen LogP contribution in [0.15, 0.2) is 24.4 Å². The van der Waals surface area contributed by atoms with Crippen molar-refractivity contribution >= 4 is 11.3 Å². The number of aromatic amines is 1. The van der Waals surface area contributed by atoms with Crippen LogP contribution >= 0.6 is 0 Å². The van der Waals surface area contributed by atoms with Gasteiger partial charge in [0.2, 0.25) is 5.82 Å². The molecule has 1 heterocycles. The van der Waals surface area contributed by atoms with Gasteiger partial charge < -0.3 is 5.32 Å². The van der Waals surface area contributed by atoms with E-state index < -0.39 is 0 Å². The summed E-state index contributed by atoms with van der Waals surface area (Å²) in [4.78, 5) is 0. The number of aromatic nitrogens is 4.